The predicted octanol–water partition coefficient (Wildman–Crippen LogP) is 6.49. The number of benzene rings is 3. The van der Waals surface area contributed by atoms with Crippen LogP contribution in [0.5, 0.6) is 11.5 Å². The Morgan fingerprint density at radius 1 is 1.06 bits per heavy atom. The van der Waals surface area contributed by atoms with E-state index >= 15 is 0 Å². The van der Waals surface area contributed by atoms with Gasteiger partial charge in [-0.05, 0) is 60.0 Å². The number of methoxy groups -OCH3 is 1. The van der Waals surface area contributed by atoms with Crippen LogP contribution < -0.4 is 9.47 Å². The van der Waals surface area contributed by atoms with Crippen molar-refractivity contribution in [2.45, 2.75) is 26.8 Å². The number of fused-ring (bicyclic) bond motifs is 5. The molecular weight excluding hydrogens is 420 g/mol. The van der Waals surface area contributed by atoms with Gasteiger partial charge in [-0.25, -0.2) is 4.98 Å². The maximum atomic E-state index is 6.61. The van der Waals surface area contributed by atoms with Gasteiger partial charge in [0, 0.05) is 24.0 Å². The molecule has 0 bridgehead atoms. The standard InChI is InChI=1S/C27H27ClN2O2/c1-4-30-13-12-20-21(16-30)26(18-14-22(28)27(31-3)24(15-18)32-5-2)29-23-11-10-17-8-6-7-9-19(17)25(20)23/h6-11,14-15H,4-5,12-13,16H2,1-3H3. The summed E-state index contributed by atoms with van der Waals surface area (Å²) in [6.45, 7) is 7.65. The second kappa shape index (κ2) is 8.61. The summed E-state index contributed by atoms with van der Waals surface area (Å²) in [4.78, 5) is 7.67. The van der Waals surface area contributed by atoms with Gasteiger partial charge in [-0.3, -0.25) is 4.90 Å². The van der Waals surface area contributed by atoms with Crippen molar-refractivity contribution in [2.75, 3.05) is 26.8 Å². The van der Waals surface area contributed by atoms with E-state index in [0.29, 0.717) is 23.1 Å². The summed E-state index contributed by atoms with van der Waals surface area (Å²) >= 11 is 6.61. The van der Waals surface area contributed by atoms with Gasteiger partial charge in [0.25, 0.3) is 0 Å². The van der Waals surface area contributed by atoms with E-state index < -0.39 is 0 Å². The average Bonchev–Trinajstić information content (AvgIpc) is 2.82. The molecule has 0 N–H and O–H groups in total. The van der Waals surface area contributed by atoms with Gasteiger partial charge in [0.1, 0.15) is 0 Å². The molecule has 5 rings (SSSR count). The Morgan fingerprint density at radius 3 is 2.69 bits per heavy atom. The Bertz CT molecular complexity index is 1320. The van der Waals surface area contributed by atoms with Crippen molar-refractivity contribution < 1.29 is 9.47 Å². The topological polar surface area (TPSA) is 34.6 Å². The molecule has 2 heterocycles. The number of nitrogens with zero attached hydrogens (tertiary/aromatic N) is 2. The number of aromatic nitrogens is 1. The minimum Gasteiger partial charge on any atom is -0.491 e. The molecule has 0 radical (unpaired) electrons. The first kappa shape index (κ1) is 21.0. The van der Waals surface area contributed by atoms with Gasteiger partial charge in [-0.15, -0.1) is 0 Å². The van der Waals surface area contributed by atoms with E-state index in [-0.39, 0.29) is 0 Å². The summed E-state index contributed by atoms with van der Waals surface area (Å²) in [5.74, 6) is 1.21. The number of hydrogen-bond donors (Lipinski definition) is 0. The minimum atomic E-state index is 0.533. The van der Waals surface area contributed by atoms with E-state index in [1.807, 2.05) is 19.1 Å². The highest BCUT2D eigenvalue weighted by atomic mass is 35.5. The van der Waals surface area contributed by atoms with Gasteiger partial charge in [-0.2, -0.15) is 0 Å². The Kier molecular flexibility index (Phi) is 5.66. The quantitative estimate of drug-likeness (QED) is 0.328. The molecule has 0 spiro atoms. The Hall–Kier alpha value is -2.82. The van der Waals surface area contributed by atoms with Crippen LogP contribution in [0.1, 0.15) is 25.0 Å². The smallest absolute Gasteiger partial charge is 0.179 e. The highest BCUT2D eigenvalue weighted by molar-refractivity contribution is 6.32. The maximum absolute atomic E-state index is 6.61. The van der Waals surface area contributed by atoms with Gasteiger partial charge in [0.2, 0.25) is 0 Å². The number of hydrogen-bond acceptors (Lipinski definition) is 4. The van der Waals surface area contributed by atoms with E-state index in [1.165, 1.54) is 27.3 Å². The van der Waals surface area contributed by atoms with Crippen LogP contribution in [0.2, 0.25) is 5.02 Å². The SMILES string of the molecule is CCOc1cc(-c2nc3ccc4ccccc4c3c3c2CN(CC)CC3)cc(Cl)c1OC. The second-order valence-corrected chi connectivity index (χ2v) is 8.55. The predicted molar refractivity (Wildman–Crippen MR) is 132 cm³/mol. The summed E-state index contributed by atoms with van der Waals surface area (Å²) in [6, 6.07) is 16.8. The molecular formula is C27H27ClN2O2. The summed E-state index contributed by atoms with van der Waals surface area (Å²) in [5, 5.41) is 4.34. The van der Waals surface area contributed by atoms with Crippen LogP contribution in [-0.2, 0) is 13.0 Å². The Balaban J connectivity index is 1.82. The summed E-state index contributed by atoms with van der Waals surface area (Å²) in [7, 11) is 1.61. The fourth-order valence-electron chi connectivity index (χ4n) is 4.85. The van der Waals surface area contributed by atoms with Crippen LogP contribution in [0.15, 0.2) is 48.5 Å². The lowest BCUT2D eigenvalue weighted by Gasteiger charge is -2.30. The monoisotopic (exact) mass is 446 g/mol. The zero-order valence-corrected chi connectivity index (χ0v) is 19.5. The van der Waals surface area contributed by atoms with Gasteiger partial charge in [-0.1, -0.05) is 48.9 Å². The van der Waals surface area contributed by atoms with Crippen molar-refractivity contribution in [3.05, 3.63) is 64.7 Å². The highest BCUT2D eigenvalue weighted by Gasteiger charge is 2.25. The molecule has 3 aromatic carbocycles. The van der Waals surface area contributed by atoms with Crippen LogP contribution in [0.25, 0.3) is 32.9 Å². The number of rotatable bonds is 5. The molecule has 5 heteroatoms. The lowest BCUT2D eigenvalue weighted by atomic mass is 9.89. The normalized spacial score (nSPS) is 14.0. The fourth-order valence-corrected chi connectivity index (χ4v) is 5.13. The van der Waals surface area contributed by atoms with Gasteiger partial charge < -0.3 is 9.47 Å². The molecule has 1 aliphatic rings. The molecule has 4 nitrogen and oxygen atoms in total. The largest absolute Gasteiger partial charge is 0.491 e. The summed E-state index contributed by atoms with van der Waals surface area (Å²) in [5.41, 5.74) is 5.64. The van der Waals surface area contributed by atoms with Crippen molar-refractivity contribution in [1.82, 2.24) is 9.88 Å². The molecule has 1 aliphatic heterocycles. The van der Waals surface area contributed by atoms with Crippen LogP contribution >= 0.6 is 11.6 Å². The number of pyridine rings is 1. The third-order valence-electron chi connectivity index (χ3n) is 6.39. The summed E-state index contributed by atoms with van der Waals surface area (Å²) < 4.78 is 11.4. The molecule has 164 valence electrons. The lowest BCUT2D eigenvalue weighted by Crippen LogP contribution is -2.31. The van der Waals surface area contributed by atoms with Crippen LogP contribution in [-0.4, -0.2) is 36.7 Å². The number of halogens is 1. The van der Waals surface area contributed by atoms with Crippen LogP contribution in [0.3, 0.4) is 0 Å². The number of likely N-dealkylation sites (N-methyl/N-ethyl adjacent to an activating group) is 1. The molecule has 0 saturated carbocycles. The number of ether oxygens (including phenoxy) is 2. The minimum absolute atomic E-state index is 0.533. The van der Waals surface area contributed by atoms with Crippen LogP contribution in [0.4, 0.5) is 0 Å². The summed E-state index contributed by atoms with van der Waals surface area (Å²) in [6.07, 6.45) is 1.01. The van der Waals surface area contributed by atoms with Crippen molar-refractivity contribution in [3.63, 3.8) is 0 Å². The van der Waals surface area contributed by atoms with Crippen molar-refractivity contribution in [1.29, 1.82) is 0 Å². The van der Waals surface area contributed by atoms with Gasteiger partial charge >= 0.3 is 0 Å². The third kappa shape index (κ3) is 3.48. The van der Waals surface area contributed by atoms with Crippen molar-refractivity contribution >= 4 is 33.3 Å². The maximum Gasteiger partial charge on any atom is 0.179 e. The zero-order chi connectivity index (χ0) is 22.2. The van der Waals surface area contributed by atoms with Gasteiger partial charge in [0.15, 0.2) is 11.5 Å². The Labute approximate surface area is 193 Å². The first-order valence-electron chi connectivity index (χ1n) is 11.2. The molecule has 0 aliphatic carbocycles. The first-order valence-corrected chi connectivity index (χ1v) is 11.6. The molecule has 4 aromatic rings. The molecule has 0 amide bonds. The molecule has 0 fully saturated rings. The third-order valence-corrected chi connectivity index (χ3v) is 6.67. The molecule has 32 heavy (non-hydrogen) atoms. The molecule has 1 aromatic heterocycles. The van der Waals surface area contributed by atoms with E-state index in [1.54, 1.807) is 7.11 Å². The van der Waals surface area contributed by atoms with E-state index in [9.17, 15) is 0 Å². The van der Waals surface area contributed by atoms with Gasteiger partial charge in [0.05, 0.1) is 29.9 Å². The van der Waals surface area contributed by atoms with Crippen molar-refractivity contribution in [2.24, 2.45) is 0 Å². The highest BCUT2D eigenvalue weighted by Crippen LogP contribution is 2.42. The van der Waals surface area contributed by atoms with E-state index in [4.69, 9.17) is 26.1 Å². The lowest BCUT2D eigenvalue weighted by molar-refractivity contribution is 0.269. The molecule has 0 unspecified atom stereocenters. The van der Waals surface area contributed by atoms with Crippen LogP contribution in [0, 0.1) is 0 Å². The van der Waals surface area contributed by atoms with E-state index in [2.05, 4.69) is 48.2 Å². The second-order valence-electron chi connectivity index (χ2n) is 8.14. The average molecular weight is 447 g/mol. The first-order chi connectivity index (χ1) is 15.6. The zero-order valence-electron chi connectivity index (χ0n) is 18.7. The fraction of sp³-hybridized carbons (Fsp3) is 0.296. The molecule has 0 saturated heterocycles. The van der Waals surface area contributed by atoms with Crippen molar-refractivity contribution in [3.8, 4) is 22.8 Å². The Morgan fingerprint density at radius 2 is 1.91 bits per heavy atom. The molecule has 0 atom stereocenters. The van der Waals surface area contributed by atoms with E-state index in [0.717, 1.165) is 42.8 Å².